The van der Waals surface area contributed by atoms with E-state index in [-0.39, 0.29) is 5.91 Å². The number of aromatic nitrogens is 4. The standard InChI is InChI=1S/C20H28N6O3/c1-16-10-22-11-17(24-16)12-26-7-8-29-20(13-26)9-18(28-14-20)19(27)23-3-2-5-25-6-4-21-15-25/h4,6,10-11,15,18H,2-3,5,7-9,12-14H2,1H3,(H,23,27)/t18-,20+/m0/s1. The first-order valence-corrected chi connectivity index (χ1v) is 10.1. The lowest BCUT2D eigenvalue weighted by Gasteiger charge is -2.39. The molecule has 2 aliphatic rings. The van der Waals surface area contributed by atoms with Crippen LogP contribution in [0.25, 0.3) is 0 Å². The summed E-state index contributed by atoms with van der Waals surface area (Å²) in [5.41, 5.74) is 1.45. The molecule has 1 amide bonds. The fourth-order valence-electron chi connectivity index (χ4n) is 3.97. The van der Waals surface area contributed by atoms with Crippen molar-refractivity contribution < 1.29 is 14.3 Å². The second-order valence-electron chi connectivity index (χ2n) is 7.84. The van der Waals surface area contributed by atoms with Crippen LogP contribution in [0.1, 0.15) is 24.2 Å². The first kappa shape index (κ1) is 19.9. The third-order valence-electron chi connectivity index (χ3n) is 5.37. The maximum atomic E-state index is 12.5. The predicted molar refractivity (Wildman–Crippen MR) is 105 cm³/mol. The van der Waals surface area contributed by atoms with E-state index in [0.29, 0.717) is 26.2 Å². The minimum Gasteiger partial charge on any atom is -0.370 e. The normalized spacial score (nSPS) is 24.8. The number of aryl methyl sites for hydroxylation is 2. The van der Waals surface area contributed by atoms with Gasteiger partial charge in [0.25, 0.3) is 0 Å². The fraction of sp³-hybridized carbons (Fsp3) is 0.600. The zero-order valence-electron chi connectivity index (χ0n) is 16.8. The summed E-state index contributed by atoms with van der Waals surface area (Å²) in [6, 6.07) is 0. The molecule has 0 saturated carbocycles. The summed E-state index contributed by atoms with van der Waals surface area (Å²) < 4.78 is 13.9. The van der Waals surface area contributed by atoms with Gasteiger partial charge in [0.1, 0.15) is 11.7 Å². The average molecular weight is 400 g/mol. The van der Waals surface area contributed by atoms with Crippen LogP contribution in [0.5, 0.6) is 0 Å². The molecule has 0 aromatic carbocycles. The van der Waals surface area contributed by atoms with E-state index in [9.17, 15) is 4.79 Å². The molecule has 2 aromatic rings. The van der Waals surface area contributed by atoms with Crippen LogP contribution >= 0.6 is 0 Å². The van der Waals surface area contributed by atoms with E-state index < -0.39 is 11.7 Å². The molecular weight excluding hydrogens is 372 g/mol. The van der Waals surface area contributed by atoms with Crippen LogP contribution in [0.2, 0.25) is 0 Å². The van der Waals surface area contributed by atoms with E-state index in [1.165, 1.54) is 0 Å². The van der Waals surface area contributed by atoms with Crippen molar-refractivity contribution in [1.82, 2.24) is 29.7 Å². The summed E-state index contributed by atoms with van der Waals surface area (Å²) in [7, 11) is 0. The van der Waals surface area contributed by atoms with Crippen LogP contribution in [-0.2, 0) is 27.4 Å². The molecule has 1 spiro atoms. The third-order valence-corrected chi connectivity index (χ3v) is 5.37. The minimum absolute atomic E-state index is 0.0576. The summed E-state index contributed by atoms with van der Waals surface area (Å²) in [5.74, 6) is -0.0576. The number of carbonyl (C=O) groups excluding carboxylic acids is 1. The highest BCUT2D eigenvalue weighted by molar-refractivity contribution is 5.81. The molecule has 0 unspecified atom stereocenters. The van der Waals surface area contributed by atoms with Crippen LogP contribution in [0.4, 0.5) is 0 Å². The Hall–Kier alpha value is -2.36. The van der Waals surface area contributed by atoms with Gasteiger partial charge >= 0.3 is 0 Å². The van der Waals surface area contributed by atoms with Gasteiger partial charge in [-0.15, -0.1) is 0 Å². The second kappa shape index (κ2) is 8.98. The summed E-state index contributed by atoms with van der Waals surface area (Å²) in [6.45, 7) is 6.75. The molecule has 1 N–H and O–H groups in total. The molecule has 2 aliphatic heterocycles. The predicted octanol–water partition coefficient (Wildman–Crippen LogP) is 0.548. The molecule has 0 bridgehead atoms. The van der Waals surface area contributed by atoms with Crippen molar-refractivity contribution >= 4 is 5.91 Å². The summed E-state index contributed by atoms with van der Waals surface area (Å²) >= 11 is 0. The van der Waals surface area contributed by atoms with Crippen molar-refractivity contribution in [3.63, 3.8) is 0 Å². The third kappa shape index (κ3) is 5.17. The van der Waals surface area contributed by atoms with Gasteiger partial charge in [0.15, 0.2) is 0 Å². The Morgan fingerprint density at radius 1 is 1.38 bits per heavy atom. The first-order valence-electron chi connectivity index (χ1n) is 10.1. The Morgan fingerprint density at radius 2 is 2.31 bits per heavy atom. The van der Waals surface area contributed by atoms with Crippen LogP contribution in [0.3, 0.4) is 0 Å². The molecule has 156 valence electrons. The van der Waals surface area contributed by atoms with E-state index in [1.54, 1.807) is 24.9 Å². The summed E-state index contributed by atoms with van der Waals surface area (Å²) in [4.78, 5) is 27.6. The molecule has 9 nitrogen and oxygen atoms in total. The van der Waals surface area contributed by atoms with E-state index in [0.717, 1.165) is 44.0 Å². The number of nitrogens with one attached hydrogen (secondary N) is 1. The molecule has 4 rings (SSSR count). The lowest BCUT2D eigenvalue weighted by Crippen LogP contribution is -2.52. The van der Waals surface area contributed by atoms with E-state index in [4.69, 9.17) is 9.47 Å². The maximum absolute atomic E-state index is 12.5. The van der Waals surface area contributed by atoms with Crippen LogP contribution < -0.4 is 5.32 Å². The van der Waals surface area contributed by atoms with Gasteiger partial charge in [-0.2, -0.15) is 0 Å². The Kier molecular flexibility index (Phi) is 6.17. The van der Waals surface area contributed by atoms with E-state index in [2.05, 4.69) is 25.2 Å². The van der Waals surface area contributed by atoms with Crippen LogP contribution in [-0.4, -0.2) is 74.9 Å². The summed E-state index contributed by atoms with van der Waals surface area (Å²) in [5, 5.41) is 2.98. The quantitative estimate of drug-likeness (QED) is 0.678. The largest absolute Gasteiger partial charge is 0.370 e. The number of nitrogens with zero attached hydrogens (tertiary/aromatic N) is 5. The van der Waals surface area contributed by atoms with Gasteiger partial charge in [0.05, 0.1) is 30.9 Å². The molecule has 9 heteroatoms. The molecule has 2 atom stereocenters. The van der Waals surface area contributed by atoms with E-state index >= 15 is 0 Å². The molecule has 2 aromatic heterocycles. The fourth-order valence-corrected chi connectivity index (χ4v) is 3.97. The summed E-state index contributed by atoms with van der Waals surface area (Å²) in [6.07, 6.45) is 9.98. The monoisotopic (exact) mass is 400 g/mol. The minimum atomic E-state index is -0.457. The number of hydrogen-bond donors (Lipinski definition) is 1. The molecule has 2 fully saturated rings. The lowest BCUT2D eigenvalue weighted by atomic mass is 9.97. The number of imidazole rings is 1. The van der Waals surface area contributed by atoms with Gasteiger partial charge in [-0.25, -0.2) is 4.98 Å². The van der Waals surface area contributed by atoms with Crippen LogP contribution in [0, 0.1) is 6.92 Å². The highest BCUT2D eigenvalue weighted by Gasteiger charge is 2.46. The average Bonchev–Trinajstić information content (AvgIpc) is 3.36. The van der Waals surface area contributed by atoms with Crippen LogP contribution in [0.15, 0.2) is 31.1 Å². The molecule has 0 aliphatic carbocycles. The van der Waals surface area contributed by atoms with Crippen molar-refractivity contribution in [2.45, 2.75) is 44.6 Å². The molecule has 29 heavy (non-hydrogen) atoms. The number of amides is 1. The van der Waals surface area contributed by atoms with Crippen molar-refractivity contribution in [2.75, 3.05) is 32.8 Å². The smallest absolute Gasteiger partial charge is 0.249 e. The topological polar surface area (TPSA) is 94.4 Å². The first-order chi connectivity index (χ1) is 14.1. The lowest BCUT2D eigenvalue weighted by molar-refractivity contribution is -0.130. The maximum Gasteiger partial charge on any atom is 0.249 e. The number of rotatable bonds is 7. The number of morpholine rings is 1. The van der Waals surface area contributed by atoms with Gasteiger partial charge in [0, 0.05) is 63.9 Å². The highest BCUT2D eigenvalue weighted by atomic mass is 16.6. The molecule has 0 radical (unpaired) electrons. The van der Waals surface area contributed by atoms with Gasteiger partial charge in [-0.1, -0.05) is 0 Å². The van der Waals surface area contributed by atoms with Crippen molar-refractivity contribution in [2.24, 2.45) is 0 Å². The van der Waals surface area contributed by atoms with Gasteiger partial charge in [0.2, 0.25) is 5.91 Å². The zero-order chi connectivity index (χ0) is 20.1. The van der Waals surface area contributed by atoms with Crippen molar-refractivity contribution in [3.05, 3.63) is 42.5 Å². The van der Waals surface area contributed by atoms with Crippen molar-refractivity contribution in [1.29, 1.82) is 0 Å². The Bertz CT molecular complexity index is 814. The van der Waals surface area contributed by atoms with Gasteiger partial charge in [-0.3, -0.25) is 19.7 Å². The Balaban J connectivity index is 1.24. The second-order valence-corrected chi connectivity index (χ2v) is 7.84. The molecule has 4 heterocycles. The SMILES string of the molecule is Cc1cncc(CN2CCO[C@@]3(CO[C@H](C(=O)NCCCn4ccnc4)C3)C2)n1. The zero-order valence-corrected chi connectivity index (χ0v) is 16.8. The Morgan fingerprint density at radius 3 is 3.14 bits per heavy atom. The highest BCUT2D eigenvalue weighted by Crippen LogP contribution is 2.32. The number of hydrogen-bond acceptors (Lipinski definition) is 7. The number of carbonyl (C=O) groups is 1. The van der Waals surface area contributed by atoms with Crippen molar-refractivity contribution in [3.8, 4) is 0 Å². The molecule has 2 saturated heterocycles. The Labute approximate surface area is 170 Å². The van der Waals surface area contributed by atoms with Gasteiger partial charge < -0.3 is 19.4 Å². The molecular formula is C20H28N6O3. The number of ether oxygens (including phenoxy) is 2. The van der Waals surface area contributed by atoms with Gasteiger partial charge in [-0.05, 0) is 13.3 Å². The van der Waals surface area contributed by atoms with E-state index in [1.807, 2.05) is 17.7 Å².